The SMILES string of the molecule is Cc1cccc(CC(=O)NC2CCN(CC#N)CC2)c1. The first kappa shape index (κ1) is 14.5. The van der Waals surface area contributed by atoms with Gasteiger partial charge in [0.25, 0.3) is 0 Å². The summed E-state index contributed by atoms with van der Waals surface area (Å²) in [6, 6.07) is 10.5. The zero-order valence-electron chi connectivity index (χ0n) is 11.9. The van der Waals surface area contributed by atoms with Crippen LogP contribution in [0, 0.1) is 18.3 Å². The molecule has 0 aromatic heterocycles. The van der Waals surface area contributed by atoms with Gasteiger partial charge in [-0.1, -0.05) is 29.8 Å². The van der Waals surface area contributed by atoms with Crippen molar-refractivity contribution in [2.45, 2.75) is 32.2 Å². The van der Waals surface area contributed by atoms with E-state index in [0.717, 1.165) is 31.5 Å². The van der Waals surface area contributed by atoms with Gasteiger partial charge in [-0.05, 0) is 25.3 Å². The highest BCUT2D eigenvalue weighted by molar-refractivity contribution is 5.78. The minimum absolute atomic E-state index is 0.0920. The van der Waals surface area contributed by atoms with Gasteiger partial charge in [-0.25, -0.2) is 0 Å². The number of carbonyl (C=O) groups is 1. The van der Waals surface area contributed by atoms with Crippen molar-refractivity contribution in [2.75, 3.05) is 19.6 Å². The van der Waals surface area contributed by atoms with Crippen LogP contribution < -0.4 is 5.32 Å². The highest BCUT2D eigenvalue weighted by Crippen LogP contribution is 2.10. The van der Waals surface area contributed by atoms with Gasteiger partial charge in [0.05, 0.1) is 19.0 Å². The fourth-order valence-corrected chi connectivity index (χ4v) is 2.62. The summed E-state index contributed by atoms with van der Waals surface area (Å²) in [7, 11) is 0. The number of piperidine rings is 1. The molecule has 1 aliphatic rings. The van der Waals surface area contributed by atoms with Gasteiger partial charge in [0.1, 0.15) is 0 Å². The lowest BCUT2D eigenvalue weighted by Crippen LogP contribution is -2.45. The van der Waals surface area contributed by atoms with Crippen molar-refractivity contribution in [1.82, 2.24) is 10.2 Å². The first-order valence-corrected chi connectivity index (χ1v) is 7.11. The Balaban J connectivity index is 1.77. The molecule has 0 bridgehead atoms. The number of nitriles is 1. The molecule has 1 N–H and O–H groups in total. The molecule has 1 saturated heterocycles. The van der Waals surface area contributed by atoms with Crippen molar-refractivity contribution in [1.29, 1.82) is 5.26 Å². The predicted molar refractivity (Wildman–Crippen MR) is 78.1 cm³/mol. The Morgan fingerprint density at radius 1 is 1.45 bits per heavy atom. The summed E-state index contributed by atoms with van der Waals surface area (Å²) >= 11 is 0. The molecule has 20 heavy (non-hydrogen) atoms. The number of nitrogens with one attached hydrogen (secondary N) is 1. The average molecular weight is 271 g/mol. The minimum Gasteiger partial charge on any atom is -0.353 e. The summed E-state index contributed by atoms with van der Waals surface area (Å²) in [5, 5.41) is 11.8. The van der Waals surface area contributed by atoms with Crippen molar-refractivity contribution < 1.29 is 4.79 Å². The van der Waals surface area contributed by atoms with Crippen LogP contribution in [0.5, 0.6) is 0 Å². The third-order valence-electron chi connectivity index (χ3n) is 3.69. The van der Waals surface area contributed by atoms with Gasteiger partial charge in [0.2, 0.25) is 5.91 Å². The first-order valence-electron chi connectivity index (χ1n) is 7.11. The number of hydrogen-bond donors (Lipinski definition) is 1. The van der Waals surface area contributed by atoms with Gasteiger partial charge in [-0.15, -0.1) is 0 Å². The number of hydrogen-bond acceptors (Lipinski definition) is 3. The van der Waals surface area contributed by atoms with Crippen LogP contribution >= 0.6 is 0 Å². The molecule has 0 radical (unpaired) electrons. The first-order chi connectivity index (χ1) is 9.67. The van der Waals surface area contributed by atoms with E-state index in [1.165, 1.54) is 5.56 Å². The lowest BCUT2D eigenvalue weighted by atomic mass is 10.0. The van der Waals surface area contributed by atoms with Gasteiger partial charge in [0.15, 0.2) is 0 Å². The Kier molecular flexibility index (Phi) is 5.14. The summed E-state index contributed by atoms with van der Waals surface area (Å²) in [6.07, 6.45) is 2.31. The fraction of sp³-hybridized carbons (Fsp3) is 0.500. The van der Waals surface area contributed by atoms with Gasteiger partial charge in [0, 0.05) is 19.1 Å². The molecule has 1 aromatic carbocycles. The number of likely N-dealkylation sites (tertiary alicyclic amines) is 1. The standard InChI is InChI=1S/C16H21N3O/c1-13-3-2-4-14(11-13)12-16(20)18-15-5-8-19(9-6-15)10-7-17/h2-4,11,15H,5-6,8-10,12H2,1H3,(H,18,20). The number of nitrogens with zero attached hydrogens (tertiary/aromatic N) is 2. The number of benzene rings is 1. The summed E-state index contributed by atoms with van der Waals surface area (Å²) in [4.78, 5) is 14.2. The molecule has 4 nitrogen and oxygen atoms in total. The van der Waals surface area contributed by atoms with E-state index in [4.69, 9.17) is 5.26 Å². The van der Waals surface area contributed by atoms with Crippen molar-refractivity contribution in [3.05, 3.63) is 35.4 Å². The maximum atomic E-state index is 12.0. The number of aryl methyl sites for hydroxylation is 1. The fourth-order valence-electron chi connectivity index (χ4n) is 2.62. The molecule has 106 valence electrons. The van der Waals surface area contributed by atoms with E-state index in [0.29, 0.717) is 13.0 Å². The monoisotopic (exact) mass is 271 g/mol. The van der Waals surface area contributed by atoms with Crippen LogP contribution in [0.25, 0.3) is 0 Å². The number of amides is 1. The zero-order chi connectivity index (χ0) is 14.4. The zero-order valence-corrected chi connectivity index (χ0v) is 11.9. The second kappa shape index (κ2) is 7.06. The molecule has 4 heteroatoms. The van der Waals surface area contributed by atoms with Crippen LogP contribution in [-0.2, 0) is 11.2 Å². The van der Waals surface area contributed by atoms with E-state index in [2.05, 4.69) is 22.4 Å². The lowest BCUT2D eigenvalue weighted by molar-refractivity contribution is -0.121. The second-order valence-electron chi connectivity index (χ2n) is 5.44. The maximum absolute atomic E-state index is 12.0. The van der Waals surface area contributed by atoms with Crippen molar-refractivity contribution in [2.24, 2.45) is 0 Å². The molecular formula is C16H21N3O. The third-order valence-corrected chi connectivity index (χ3v) is 3.69. The van der Waals surface area contributed by atoms with Crippen LogP contribution in [-0.4, -0.2) is 36.5 Å². The van der Waals surface area contributed by atoms with Crippen molar-refractivity contribution in [3.63, 3.8) is 0 Å². The molecule has 0 atom stereocenters. The molecule has 2 rings (SSSR count). The average Bonchev–Trinajstić information content (AvgIpc) is 2.41. The molecule has 1 aromatic rings. The smallest absolute Gasteiger partial charge is 0.224 e. The Labute approximate surface area is 120 Å². The highest BCUT2D eigenvalue weighted by Gasteiger charge is 2.20. The van der Waals surface area contributed by atoms with E-state index in [9.17, 15) is 4.79 Å². The molecule has 1 heterocycles. The molecule has 1 amide bonds. The summed E-state index contributed by atoms with van der Waals surface area (Å²) in [5.41, 5.74) is 2.24. The van der Waals surface area contributed by atoms with Crippen LogP contribution in [0.15, 0.2) is 24.3 Å². The molecular weight excluding hydrogens is 250 g/mol. The van der Waals surface area contributed by atoms with E-state index >= 15 is 0 Å². The Bertz CT molecular complexity index is 499. The lowest BCUT2D eigenvalue weighted by Gasteiger charge is -2.30. The largest absolute Gasteiger partial charge is 0.353 e. The Morgan fingerprint density at radius 2 is 2.20 bits per heavy atom. The normalized spacial score (nSPS) is 16.6. The van der Waals surface area contributed by atoms with E-state index in [-0.39, 0.29) is 11.9 Å². The van der Waals surface area contributed by atoms with Gasteiger partial charge >= 0.3 is 0 Å². The summed E-state index contributed by atoms with van der Waals surface area (Å²) in [6.45, 7) is 4.31. The number of rotatable bonds is 4. The summed E-state index contributed by atoms with van der Waals surface area (Å²) in [5.74, 6) is 0.0920. The van der Waals surface area contributed by atoms with E-state index in [1.54, 1.807) is 0 Å². The number of carbonyl (C=O) groups excluding carboxylic acids is 1. The van der Waals surface area contributed by atoms with Crippen LogP contribution in [0.1, 0.15) is 24.0 Å². The van der Waals surface area contributed by atoms with Crippen LogP contribution in [0.3, 0.4) is 0 Å². The van der Waals surface area contributed by atoms with Gasteiger partial charge in [-0.2, -0.15) is 5.26 Å². The topological polar surface area (TPSA) is 56.1 Å². The molecule has 1 fully saturated rings. The van der Waals surface area contributed by atoms with Crippen LogP contribution in [0.4, 0.5) is 0 Å². The summed E-state index contributed by atoms with van der Waals surface area (Å²) < 4.78 is 0. The minimum atomic E-state index is 0.0920. The second-order valence-corrected chi connectivity index (χ2v) is 5.44. The van der Waals surface area contributed by atoms with E-state index in [1.807, 2.05) is 25.1 Å². The van der Waals surface area contributed by atoms with Crippen LogP contribution in [0.2, 0.25) is 0 Å². The van der Waals surface area contributed by atoms with Gasteiger partial charge in [-0.3, -0.25) is 9.69 Å². The third kappa shape index (κ3) is 4.36. The highest BCUT2D eigenvalue weighted by atomic mass is 16.1. The van der Waals surface area contributed by atoms with Crippen molar-refractivity contribution in [3.8, 4) is 6.07 Å². The quantitative estimate of drug-likeness (QED) is 0.847. The van der Waals surface area contributed by atoms with E-state index < -0.39 is 0 Å². The van der Waals surface area contributed by atoms with Crippen molar-refractivity contribution >= 4 is 5.91 Å². The Hall–Kier alpha value is -1.86. The molecule has 0 spiro atoms. The predicted octanol–water partition coefficient (Wildman–Crippen LogP) is 1.64. The molecule has 0 aliphatic carbocycles. The molecule has 0 unspecified atom stereocenters. The maximum Gasteiger partial charge on any atom is 0.224 e. The molecule has 1 aliphatic heterocycles. The molecule has 0 saturated carbocycles. The Morgan fingerprint density at radius 3 is 2.85 bits per heavy atom. The van der Waals surface area contributed by atoms with Gasteiger partial charge < -0.3 is 5.32 Å².